The van der Waals surface area contributed by atoms with Crippen molar-refractivity contribution in [2.45, 2.75) is 39.3 Å². The molecule has 0 aromatic rings. The normalized spacial score (nSPS) is 24.7. The Kier molecular flexibility index (Phi) is 1.86. The summed E-state index contributed by atoms with van der Waals surface area (Å²) in [6, 6.07) is 0. The highest BCUT2D eigenvalue weighted by Crippen LogP contribution is 2.22. The number of nitrogens with zero attached hydrogens (tertiary/aromatic N) is 1. The van der Waals surface area contributed by atoms with Crippen molar-refractivity contribution in [1.82, 2.24) is 4.90 Å². The molecule has 1 saturated heterocycles. The van der Waals surface area contributed by atoms with Crippen molar-refractivity contribution in [3.63, 3.8) is 0 Å². The van der Waals surface area contributed by atoms with Crippen LogP contribution in [0.2, 0.25) is 0 Å². The smallest absolute Gasteiger partial charge is 0.416 e. The Bertz CT molecular complexity index is 230. The maximum absolute atomic E-state index is 11.2. The average Bonchev–Trinajstić information content (AvgIpc) is 2.05. The van der Waals surface area contributed by atoms with Gasteiger partial charge in [0.1, 0.15) is 5.84 Å². The predicted molar refractivity (Wildman–Crippen MR) is 45.3 cm³/mol. The number of nitrogens with one attached hydrogen (secondary N) is 1. The number of rotatable bonds is 0. The molecule has 0 spiro atoms. The largest absolute Gasteiger partial charge is 0.438 e. The highest BCUT2D eigenvalue weighted by Gasteiger charge is 2.41. The van der Waals surface area contributed by atoms with E-state index in [-0.39, 0.29) is 11.4 Å². The van der Waals surface area contributed by atoms with Gasteiger partial charge in [-0.1, -0.05) is 0 Å². The van der Waals surface area contributed by atoms with Crippen LogP contribution in [0.3, 0.4) is 0 Å². The molecular formula is C8H14N2O2. The van der Waals surface area contributed by atoms with E-state index in [1.165, 1.54) is 4.90 Å². The minimum Gasteiger partial charge on any atom is -0.438 e. The number of hydrogen-bond acceptors (Lipinski definition) is 3. The maximum atomic E-state index is 11.2. The van der Waals surface area contributed by atoms with Gasteiger partial charge in [0, 0.05) is 5.54 Å². The standard InChI is InChI=1S/C8H14N2O2/c1-5-6(9)10(7(11)12-5)8(2,3)4/h5,9H,1-4H3. The lowest BCUT2D eigenvalue weighted by atomic mass is 10.1. The summed E-state index contributed by atoms with van der Waals surface area (Å²) in [6.45, 7) is 7.33. The summed E-state index contributed by atoms with van der Waals surface area (Å²) < 4.78 is 4.88. The third-order valence-electron chi connectivity index (χ3n) is 1.76. The topological polar surface area (TPSA) is 53.4 Å². The van der Waals surface area contributed by atoms with E-state index in [2.05, 4.69) is 0 Å². The molecule has 0 aliphatic carbocycles. The van der Waals surface area contributed by atoms with Crippen molar-refractivity contribution in [3.05, 3.63) is 0 Å². The maximum Gasteiger partial charge on any atom is 0.416 e. The summed E-state index contributed by atoms with van der Waals surface area (Å²) in [4.78, 5) is 12.6. The second-order valence-electron chi connectivity index (χ2n) is 3.92. The Morgan fingerprint density at radius 2 is 2.00 bits per heavy atom. The summed E-state index contributed by atoms with van der Waals surface area (Å²) in [5.74, 6) is 0.243. The van der Waals surface area contributed by atoms with Crippen LogP contribution < -0.4 is 0 Å². The summed E-state index contributed by atoms with van der Waals surface area (Å²) in [5.41, 5.74) is -0.362. The van der Waals surface area contributed by atoms with Gasteiger partial charge in [-0.2, -0.15) is 0 Å². The molecular weight excluding hydrogens is 156 g/mol. The lowest BCUT2D eigenvalue weighted by Crippen LogP contribution is -2.45. The second-order valence-corrected chi connectivity index (χ2v) is 3.92. The molecule has 0 aromatic carbocycles. The molecule has 1 N–H and O–H groups in total. The molecule has 0 radical (unpaired) electrons. The van der Waals surface area contributed by atoms with Gasteiger partial charge in [-0.3, -0.25) is 10.3 Å². The molecule has 1 aliphatic heterocycles. The number of carbonyl (C=O) groups excluding carboxylic acids is 1. The SMILES string of the molecule is CC1OC(=O)N(C(C)(C)C)C1=N. The van der Waals surface area contributed by atoms with Crippen LogP contribution in [0.15, 0.2) is 0 Å². The van der Waals surface area contributed by atoms with Gasteiger partial charge in [0.25, 0.3) is 0 Å². The molecule has 1 fully saturated rings. The molecule has 4 nitrogen and oxygen atoms in total. The summed E-state index contributed by atoms with van der Waals surface area (Å²) >= 11 is 0. The molecule has 0 aromatic heterocycles. The first-order valence-corrected chi connectivity index (χ1v) is 3.93. The van der Waals surface area contributed by atoms with Gasteiger partial charge in [-0.05, 0) is 27.7 Å². The van der Waals surface area contributed by atoms with Gasteiger partial charge in [0.15, 0.2) is 6.10 Å². The fraction of sp³-hybridized carbons (Fsp3) is 0.750. The zero-order valence-electron chi connectivity index (χ0n) is 7.84. The zero-order valence-corrected chi connectivity index (χ0v) is 7.84. The van der Waals surface area contributed by atoms with Gasteiger partial charge in [0.05, 0.1) is 0 Å². The Labute approximate surface area is 72.0 Å². The number of cyclic esters (lactones) is 1. The fourth-order valence-corrected chi connectivity index (χ4v) is 1.18. The molecule has 1 unspecified atom stereocenters. The van der Waals surface area contributed by atoms with Crippen molar-refractivity contribution in [3.8, 4) is 0 Å². The monoisotopic (exact) mass is 170 g/mol. The first kappa shape index (κ1) is 9.03. The van der Waals surface area contributed by atoms with Crippen LogP contribution in [0.25, 0.3) is 0 Å². The van der Waals surface area contributed by atoms with Crippen molar-refractivity contribution in [2.75, 3.05) is 0 Å². The van der Waals surface area contributed by atoms with Crippen molar-refractivity contribution < 1.29 is 9.53 Å². The van der Waals surface area contributed by atoms with Crippen LogP contribution in [0.1, 0.15) is 27.7 Å². The van der Waals surface area contributed by atoms with Crippen LogP contribution in [-0.2, 0) is 4.74 Å². The summed E-state index contributed by atoms with van der Waals surface area (Å²) in [6.07, 6.45) is -0.822. The highest BCUT2D eigenvalue weighted by molar-refractivity contribution is 6.02. The fourth-order valence-electron chi connectivity index (χ4n) is 1.18. The molecule has 1 amide bonds. The average molecular weight is 170 g/mol. The lowest BCUT2D eigenvalue weighted by molar-refractivity contribution is 0.124. The molecule has 12 heavy (non-hydrogen) atoms. The minimum absolute atomic E-state index is 0.243. The van der Waals surface area contributed by atoms with E-state index in [9.17, 15) is 4.79 Å². The van der Waals surface area contributed by atoms with E-state index in [0.717, 1.165) is 0 Å². The van der Waals surface area contributed by atoms with Crippen molar-refractivity contribution in [1.29, 1.82) is 5.41 Å². The molecule has 0 saturated carbocycles. The first-order valence-electron chi connectivity index (χ1n) is 3.93. The van der Waals surface area contributed by atoms with E-state index in [1.807, 2.05) is 20.8 Å². The Hall–Kier alpha value is -1.06. The van der Waals surface area contributed by atoms with Crippen LogP contribution in [0.5, 0.6) is 0 Å². The summed E-state index contributed by atoms with van der Waals surface area (Å²) in [7, 11) is 0. The molecule has 4 heteroatoms. The van der Waals surface area contributed by atoms with Crippen molar-refractivity contribution >= 4 is 11.9 Å². The van der Waals surface area contributed by atoms with E-state index >= 15 is 0 Å². The van der Waals surface area contributed by atoms with E-state index in [1.54, 1.807) is 6.92 Å². The van der Waals surface area contributed by atoms with Crippen LogP contribution in [0.4, 0.5) is 4.79 Å². The highest BCUT2D eigenvalue weighted by atomic mass is 16.6. The zero-order chi connectivity index (χ0) is 9.52. The van der Waals surface area contributed by atoms with Gasteiger partial charge in [0.2, 0.25) is 0 Å². The Morgan fingerprint density at radius 3 is 2.17 bits per heavy atom. The molecule has 1 aliphatic rings. The third-order valence-corrected chi connectivity index (χ3v) is 1.76. The van der Waals surface area contributed by atoms with Crippen molar-refractivity contribution in [2.24, 2.45) is 0 Å². The van der Waals surface area contributed by atoms with Crippen LogP contribution >= 0.6 is 0 Å². The number of ether oxygens (including phenoxy) is 1. The quantitative estimate of drug-likeness (QED) is 0.600. The molecule has 1 atom stereocenters. The molecule has 1 heterocycles. The number of hydrogen-bond donors (Lipinski definition) is 1. The van der Waals surface area contributed by atoms with E-state index < -0.39 is 12.2 Å². The first-order chi connectivity index (χ1) is 5.34. The Morgan fingerprint density at radius 1 is 1.50 bits per heavy atom. The number of amidine groups is 1. The minimum atomic E-state index is -0.417. The summed E-state index contributed by atoms with van der Waals surface area (Å²) in [5, 5.41) is 7.58. The third kappa shape index (κ3) is 1.29. The number of carbonyl (C=O) groups is 1. The number of amides is 1. The lowest BCUT2D eigenvalue weighted by Gasteiger charge is -2.28. The van der Waals surface area contributed by atoms with Gasteiger partial charge in [-0.15, -0.1) is 0 Å². The van der Waals surface area contributed by atoms with Gasteiger partial charge < -0.3 is 4.74 Å². The van der Waals surface area contributed by atoms with E-state index in [0.29, 0.717) is 0 Å². The molecule has 1 rings (SSSR count). The van der Waals surface area contributed by atoms with Crippen LogP contribution in [-0.4, -0.2) is 28.5 Å². The van der Waals surface area contributed by atoms with Crippen LogP contribution in [0, 0.1) is 5.41 Å². The van der Waals surface area contributed by atoms with Gasteiger partial charge in [-0.25, -0.2) is 4.79 Å². The second kappa shape index (κ2) is 2.47. The molecule has 0 bridgehead atoms. The predicted octanol–water partition coefficient (Wildman–Crippen LogP) is 1.60. The Balaban J connectivity index is 2.92. The van der Waals surface area contributed by atoms with Gasteiger partial charge >= 0.3 is 6.09 Å². The van der Waals surface area contributed by atoms with E-state index in [4.69, 9.17) is 10.1 Å². The molecule has 68 valence electrons.